The fourth-order valence-corrected chi connectivity index (χ4v) is 3.29. The normalized spacial score (nSPS) is 18.3. The molecule has 0 radical (unpaired) electrons. The number of nitrogens with zero attached hydrogens (tertiary/aromatic N) is 2. The Bertz CT molecular complexity index is 904. The van der Waals surface area contributed by atoms with Crippen molar-refractivity contribution in [1.29, 1.82) is 0 Å². The standard InChI is InChI=1S/C21H21N3O2/c1-26-20-10-6-5-9-17(20)18-11-19(18)21(25)22-12-15-13-23-24(14-15)16-7-3-2-4-8-16/h2-10,13-14,18-19H,11-12H2,1H3,(H,22,25). The Hall–Kier alpha value is -3.08. The molecule has 5 heteroatoms. The number of hydrogen-bond donors (Lipinski definition) is 1. The number of amides is 1. The molecule has 0 bridgehead atoms. The zero-order valence-corrected chi connectivity index (χ0v) is 14.6. The Balaban J connectivity index is 1.35. The Labute approximate surface area is 152 Å². The van der Waals surface area contributed by atoms with Crippen molar-refractivity contribution in [3.63, 3.8) is 0 Å². The highest BCUT2D eigenvalue weighted by Gasteiger charge is 2.45. The summed E-state index contributed by atoms with van der Waals surface area (Å²) in [4.78, 5) is 12.5. The first-order chi connectivity index (χ1) is 12.8. The second-order valence-electron chi connectivity index (χ2n) is 6.54. The number of methoxy groups -OCH3 is 1. The second-order valence-corrected chi connectivity index (χ2v) is 6.54. The predicted octanol–water partition coefficient (Wildman–Crippen LogP) is 3.30. The third kappa shape index (κ3) is 3.33. The number of carbonyl (C=O) groups is 1. The van der Waals surface area contributed by atoms with Gasteiger partial charge in [0.25, 0.3) is 0 Å². The summed E-state index contributed by atoms with van der Waals surface area (Å²) in [7, 11) is 1.67. The zero-order chi connectivity index (χ0) is 17.9. The van der Waals surface area contributed by atoms with E-state index in [4.69, 9.17) is 4.74 Å². The number of benzene rings is 2. The number of nitrogens with one attached hydrogen (secondary N) is 1. The van der Waals surface area contributed by atoms with Crippen molar-refractivity contribution in [1.82, 2.24) is 15.1 Å². The molecule has 2 aromatic carbocycles. The van der Waals surface area contributed by atoms with Gasteiger partial charge in [-0.3, -0.25) is 4.79 Å². The summed E-state index contributed by atoms with van der Waals surface area (Å²) in [5, 5.41) is 7.39. The van der Waals surface area contributed by atoms with Crippen molar-refractivity contribution >= 4 is 5.91 Å². The molecule has 0 saturated heterocycles. The summed E-state index contributed by atoms with van der Waals surface area (Å²) in [5.74, 6) is 1.22. The van der Waals surface area contributed by atoms with Crippen molar-refractivity contribution in [2.24, 2.45) is 5.92 Å². The zero-order valence-electron chi connectivity index (χ0n) is 14.6. The Morgan fingerprint density at radius 2 is 1.96 bits per heavy atom. The number of carbonyl (C=O) groups excluding carboxylic acids is 1. The van der Waals surface area contributed by atoms with Crippen molar-refractivity contribution in [3.05, 3.63) is 78.1 Å². The summed E-state index contributed by atoms with van der Waals surface area (Å²) < 4.78 is 7.22. The predicted molar refractivity (Wildman–Crippen MR) is 99.3 cm³/mol. The van der Waals surface area contributed by atoms with Gasteiger partial charge < -0.3 is 10.1 Å². The van der Waals surface area contributed by atoms with Crippen LogP contribution in [-0.2, 0) is 11.3 Å². The molecule has 0 aliphatic heterocycles. The highest BCUT2D eigenvalue weighted by atomic mass is 16.5. The molecule has 2 atom stereocenters. The van der Waals surface area contributed by atoms with Gasteiger partial charge >= 0.3 is 0 Å². The van der Waals surface area contributed by atoms with E-state index in [0.29, 0.717) is 6.54 Å². The van der Waals surface area contributed by atoms with Crippen LogP contribution in [0.2, 0.25) is 0 Å². The highest BCUT2D eigenvalue weighted by Crippen LogP contribution is 2.50. The number of rotatable bonds is 6. The highest BCUT2D eigenvalue weighted by molar-refractivity contribution is 5.83. The van der Waals surface area contributed by atoms with E-state index in [1.54, 1.807) is 13.3 Å². The Morgan fingerprint density at radius 3 is 2.77 bits per heavy atom. The van der Waals surface area contributed by atoms with E-state index >= 15 is 0 Å². The summed E-state index contributed by atoms with van der Waals surface area (Å²) >= 11 is 0. The lowest BCUT2D eigenvalue weighted by atomic mass is 10.1. The van der Waals surface area contributed by atoms with Crippen LogP contribution in [0, 0.1) is 5.92 Å². The number of aromatic nitrogens is 2. The molecular weight excluding hydrogens is 326 g/mol. The van der Waals surface area contributed by atoms with E-state index in [1.807, 2.05) is 65.5 Å². The first kappa shape index (κ1) is 16.4. The number of ether oxygens (including phenoxy) is 1. The maximum atomic E-state index is 12.5. The van der Waals surface area contributed by atoms with Gasteiger partial charge in [-0.25, -0.2) is 4.68 Å². The van der Waals surface area contributed by atoms with Crippen LogP contribution < -0.4 is 10.1 Å². The van der Waals surface area contributed by atoms with Gasteiger partial charge in [0.05, 0.1) is 19.0 Å². The fraction of sp³-hybridized carbons (Fsp3) is 0.238. The molecule has 4 rings (SSSR count). The third-order valence-corrected chi connectivity index (χ3v) is 4.79. The largest absolute Gasteiger partial charge is 0.496 e. The van der Waals surface area contributed by atoms with Crippen LogP contribution >= 0.6 is 0 Å². The van der Waals surface area contributed by atoms with Crippen molar-refractivity contribution in [2.75, 3.05) is 7.11 Å². The van der Waals surface area contributed by atoms with Gasteiger partial charge in [-0.15, -0.1) is 0 Å². The molecule has 0 spiro atoms. The van der Waals surface area contributed by atoms with Gasteiger partial charge in [0.15, 0.2) is 0 Å². The molecule has 1 heterocycles. The quantitative estimate of drug-likeness (QED) is 0.744. The van der Waals surface area contributed by atoms with E-state index < -0.39 is 0 Å². The van der Waals surface area contributed by atoms with Crippen molar-refractivity contribution < 1.29 is 9.53 Å². The van der Waals surface area contributed by atoms with Gasteiger partial charge in [0.1, 0.15) is 5.75 Å². The lowest BCUT2D eigenvalue weighted by molar-refractivity contribution is -0.122. The molecule has 26 heavy (non-hydrogen) atoms. The lowest BCUT2D eigenvalue weighted by Gasteiger charge is -2.08. The van der Waals surface area contributed by atoms with Crippen LogP contribution in [0.3, 0.4) is 0 Å². The van der Waals surface area contributed by atoms with Crippen LogP contribution in [-0.4, -0.2) is 22.8 Å². The average Bonchev–Trinajstić information content (AvgIpc) is 3.36. The molecule has 1 aliphatic carbocycles. The van der Waals surface area contributed by atoms with Gasteiger partial charge in [-0.05, 0) is 36.1 Å². The smallest absolute Gasteiger partial charge is 0.224 e. The topological polar surface area (TPSA) is 56.1 Å². The second kappa shape index (κ2) is 7.04. The summed E-state index contributed by atoms with van der Waals surface area (Å²) in [6.45, 7) is 0.487. The van der Waals surface area contributed by atoms with E-state index in [0.717, 1.165) is 29.0 Å². The SMILES string of the molecule is COc1ccccc1C1CC1C(=O)NCc1cnn(-c2ccccc2)c1. The molecule has 2 unspecified atom stereocenters. The van der Waals surface area contributed by atoms with Crippen molar-refractivity contribution in [3.8, 4) is 11.4 Å². The minimum atomic E-state index is 0.0236. The Morgan fingerprint density at radius 1 is 1.19 bits per heavy atom. The van der Waals surface area contributed by atoms with Crippen LogP contribution in [0.25, 0.3) is 5.69 Å². The molecule has 1 aromatic heterocycles. The average molecular weight is 347 g/mol. The van der Waals surface area contributed by atoms with Gasteiger partial charge in [-0.2, -0.15) is 5.10 Å². The van der Waals surface area contributed by atoms with Crippen LogP contribution in [0.1, 0.15) is 23.5 Å². The maximum absolute atomic E-state index is 12.5. The monoisotopic (exact) mass is 347 g/mol. The van der Waals surface area contributed by atoms with E-state index in [9.17, 15) is 4.79 Å². The number of para-hydroxylation sites is 2. The van der Waals surface area contributed by atoms with E-state index in [2.05, 4.69) is 10.4 Å². The molecule has 1 saturated carbocycles. The van der Waals surface area contributed by atoms with Crippen LogP contribution in [0.4, 0.5) is 0 Å². The summed E-state index contributed by atoms with van der Waals surface area (Å²) in [5.41, 5.74) is 3.10. The Kier molecular flexibility index (Phi) is 4.44. The lowest BCUT2D eigenvalue weighted by Crippen LogP contribution is -2.24. The minimum Gasteiger partial charge on any atom is -0.496 e. The van der Waals surface area contributed by atoms with Gasteiger partial charge in [-0.1, -0.05) is 36.4 Å². The minimum absolute atomic E-state index is 0.0236. The summed E-state index contributed by atoms with van der Waals surface area (Å²) in [6.07, 6.45) is 4.60. The van der Waals surface area contributed by atoms with E-state index in [-0.39, 0.29) is 17.7 Å². The van der Waals surface area contributed by atoms with Crippen LogP contribution in [0.5, 0.6) is 5.75 Å². The van der Waals surface area contributed by atoms with Crippen LogP contribution in [0.15, 0.2) is 67.0 Å². The molecule has 1 aliphatic rings. The first-order valence-electron chi connectivity index (χ1n) is 8.76. The van der Waals surface area contributed by atoms with Gasteiger partial charge in [0, 0.05) is 24.2 Å². The summed E-state index contributed by atoms with van der Waals surface area (Å²) in [6, 6.07) is 17.8. The molecule has 1 amide bonds. The van der Waals surface area contributed by atoms with Gasteiger partial charge in [0.2, 0.25) is 5.91 Å². The number of hydrogen-bond acceptors (Lipinski definition) is 3. The maximum Gasteiger partial charge on any atom is 0.224 e. The molecule has 132 valence electrons. The fourth-order valence-electron chi connectivity index (χ4n) is 3.29. The first-order valence-corrected chi connectivity index (χ1v) is 8.76. The molecule has 1 fully saturated rings. The molecule has 5 nitrogen and oxygen atoms in total. The molecule has 1 N–H and O–H groups in total. The molecular formula is C21H21N3O2. The third-order valence-electron chi connectivity index (χ3n) is 4.79. The van der Waals surface area contributed by atoms with Crippen molar-refractivity contribution in [2.45, 2.75) is 18.9 Å². The van der Waals surface area contributed by atoms with E-state index in [1.165, 1.54) is 0 Å². The molecule has 3 aromatic rings.